The van der Waals surface area contributed by atoms with E-state index in [2.05, 4.69) is 0 Å². The Bertz CT molecular complexity index is 165. The van der Waals surface area contributed by atoms with Crippen molar-refractivity contribution in [3.63, 3.8) is 0 Å². The van der Waals surface area contributed by atoms with Crippen LogP contribution in [0.3, 0.4) is 0 Å². The molecular formula is HNaO5S2. The number of hydrogen-bond donors (Lipinski definition) is 1. The molecule has 0 radical (unpaired) electrons. The minimum absolute atomic E-state index is 0. The molecule has 0 rings (SSSR count). The SMILES string of the molecule is O=S([O-])S(=O)(=O)O.[Na+]. The molecule has 0 saturated heterocycles. The predicted molar refractivity (Wildman–Crippen MR) is 20.5 cm³/mol. The average Bonchev–Trinajstić information content (AvgIpc) is 1.31. The Labute approximate surface area is 70.2 Å². The maximum atomic E-state index is 9.27. The van der Waals surface area contributed by atoms with Gasteiger partial charge in [0.25, 0.3) is 0 Å². The largest absolute Gasteiger partial charge is 1.00 e. The molecule has 0 aliphatic rings. The molecule has 8 heteroatoms. The van der Waals surface area contributed by atoms with Crippen LogP contribution >= 0.6 is 0 Å². The monoisotopic (exact) mass is 168 g/mol. The third kappa shape index (κ3) is 5.16. The molecule has 0 heterocycles. The molecule has 1 atom stereocenters. The summed E-state index contributed by atoms with van der Waals surface area (Å²) in [5, 5.41) is 0. The zero-order valence-corrected chi connectivity index (χ0v) is 7.53. The molecule has 0 fully saturated rings. The second-order valence-electron chi connectivity index (χ2n) is 0.632. The van der Waals surface area contributed by atoms with E-state index in [-0.39, 0.29) is 29.6 Å². The summed E-state index contributed by atoms with van der Waals surface area (Å²) in [6.45, 7) is 0. The normalized spacial score (nSPS) is 14.2. The quantitative estimate of drug-likeness (QED) is 0.185. The summed E-state index contributed by atoms with van der Waals surface area (Å²) in [7, 11) is -8.23. The van der Waals surface area contributed by atoms with E-state index in [9.17, 15) is 17.2 Å². The minimum Gasteiger partial charge on any atom is -0.758 e. The van der Waals surface area contributed by atoms with E-state index in [4.69, 9.17) is 4.55 Å². The Balaban J connectivity index is 0. The van der Waals surface area contributed by atoms with Crippen molar-refractivity contribution in [1.82, 2.24) is 0 Å². The fourth-order valence-electron chi connectivity index (χ4n) is 0. The molecule has 0 saturated carbocycles. The molecule has 0 aromatic heterocycles. The molecule has 0 aromatic carbocycles. The van der Waals surface area contributed by atoms with E-state index < -0.39 is 19.3 Å². The topological polar surface area (TPSA) is 94.5 Å². The summed E-state index contributed by atoms with van der Waals surface area (Å²) < 4.78 is 44.4. The Morgan fingerprint density at radius 1 is 1.50 bits per heavy atom. The summed E-state index contributed by atoms with van der Waals surface area (Å²) in [6, 6.07) is 0. The maximum Gasteiger partial charge on any atom is 1.00 e. The molecule has 0 amide bonds. The first-order chi connectivity index (χ1) is 2.94. The van der Waals surface area contributed by atoms with Crippen molar-refractivity contribution in [2.45, 2.75) is 0 Å². The van der Waals surface area contributed by atoms with Gasteiger partial charge in [0.15, 0.2) is 0 Å². The van der Waals surface area contributed by atoms with Gasteiger partial charge in [-0.25, -0.2) is 0 Å². The van der Waals surface area contributed by atoms with Gasteiger partial charge in [0, 0.05) is 0 Å². The molecule has 0 aliphatic heterocycles. The zero-order valence-electron chi connectivity index (χ0n) is 3.90. The number of rotatable bonds is 1. The molecule has 0 aliphatic carbocycles. The Kier molecular flexibility index (Phi) is 5.79. The summed E-state index contributed by atoms with van der Waals surface area (Å²) >= 11 is 0. The van der Waals surface area contributed by atoms with Crippen LogP contribution < -0.4 is 29.6 Å². The van der Waals surface area contributed by atoms with Gasteiger partial charge in [0.2, 0.25) is 0 Å². The third-order valence-corrected chi connectivity index (χ3v) is 1.55. The summed E-state index contributed by atoms with van der Waals surface area (Å²) in [5.41, 5.74) is 0. The Hall–Kier alpha value is 1.02. The van der Waals surface area contributed by atoms with E-state index in [1.165, 1.54) is 0 Å². The molecular weight excluding hydrogens is 167 g/mol. The molecule has 8 heavy (non-hydrogen) atoms. The first kappa shape index (κ1) is 11.8. The molecule has 1 N–H and O–H groups in total. The van der Waals surface area contributed by atoms with Gasteiger partial charge in [0.05, 0.1) is 10.1 Å². The molecule has 0 aromatic rings. The molecule has 0 bridgehead atoms. The van der Waals surface area contributed by atoms with Crippen LogP contribution in [0.25, 0.3) is 0 Å². The van der Waals surface area contributed by atoms with Gasteiger partial charge < -0.3 is 4.55 Å². The third-order valence-electron chi connectivity index (χ3n) is 0.172. The van der Waals surface area contributed by atoms with Crippen LogP contribution in [0, 0.1) is 0 Å². The number of hydrogen-bond acceptors (Lipinski definition) is 4. The van der Waals surface area contributed by atoms with E-state index >= 15 is 0 Å². The predicted octanol–water partition coefficient (Wildman–Crippen LogP) is -4.33. The Morgan fingerprint density at radius 2 is 1.62 bits per heavy atom. The first-order valence-corrected chi connectivity index (χ1v) is 4.05. The standard InChI is InChI=1S/Na.H2O5S2/c;1-6(2)7(3,4)5/h;(H,1,2)(H,3,4,5)/q+1;/p-1. The molecule has 0 spiro atoms. The van der Waals surface area contributed by atoms with Crippen molar-refractivity contribution in [3.05, 3.63) is 0 Å². The van der Waals surface area contributed by atoms with Crippen molar-refractivity contribution < 1.29 is 51.3 Å². The average molecular weight is 168 g/mol. The van der Waals surface area contributed by atoms with Gasteiger partial charge in [-0.3, -0.25) is 8.76 Å². The van der Waals surface area contributed by atoms with Gasteiger partial charge in [-0.15, -0.1) is 0 Å². The van der Waals surface area contributed by atoms with Crippen LogP contribution in [0.5, 0.6) is 0 Å². The van der Waals surface area contributed by atoms with Crippen molar-refractivity contribution in [2.24, 2.45) is 0 Å². The molecule has 1 unspecified atom stereocenters. The van der Waals surface area contributed by atoms with E-state index in [1.807, 2.05) is 0 Å². The first-order valence-electron chi connectivity index (χ1n) is 1.02. The van der Waals surface area contributed by atoms with Gasteiger partial charge >= 0.3 is 38.7 Å². The summed E-state index contributed by atoms with van der Waals surface area (Å²) in [6.07, 6.45) is 0. The van der Waals surface area contributed by atoms with E-state index in [1.54, 1.807) is 0 Å². The van der Waals surface area contributed by atoms with Gasteiger partial charge in [-0.1, -0.05) is 0 Å². The minimum atomic E-state index is -4.82. The van der Waals surface area contributed by atoms with Crippen LogP contribution in [0.4, 0.5) is 0 Å². The Morgan fingerprint density at radius 3 is 1.62 bits per heavy atom. The van der Waals surface area contributed by atoms with Crippen LogP contribution in [0.15, 0.2) is 0 Å². The maximum absolute atomic E-state index is 9.27. The van der Waals surface area contributed by atoms with Crippen LogP contribution in [0.2, 0.25) is 0 Å². The van der Waals surface area contributed by atoms with Crippen molar-refractivity contribution >= 4 is 19.3 Å². The molecule has 44 valence electrons. The van der Waals surface area contributed by atoms with E-state index in [0.29, 0.717) is 0 Å². The summed E-state index contributed by atoms with van der Waals surface area (Å²) in [5.74, 6) is 0. The second-order valence-corrected chi connectivity index (χ2v) is 3.98. The van der Waals surface area contributed by atoms with Crippen LogP contribution in [-0.2, 0) is 19.3 Å². The molecule has 5 nitrogen and oxygen atoms in total. The van der Waals surface area contributed by atoms with Crippen molar-refractivity contribution in [2.75, 3.05) is 0 Å². The fraction of sp³-hybridized carbons (Fsp3) is 0. The van der Waals surface area contributed by atoms with Gasteiger partial charge in [-0.05, 0) is 0 Å². The van der Waals surface area contributed by atoms with Crippen molar-refractivity contribution in [3.8, 4) is 0 Å². The fourth-order valence-corrected chi connectivity index (χ4v) is 0. The smallest absolute Gasteiger partial charge is 0.758 e. The second kappa shape index (κ2) is 3.94. The van der Waals surface area contributed by atoms with E-state index in [0.717, 1.165) is 0 Å². The summed E-state index contributed by atoms with van der Waals surface area (Å²) in [4.78, 5) is 0. The van der Waals surface area contributed by atoms with Gasteiger partial charge in [-0.2, -0.15) is 8.42 Å². The van der Waals surface area contributed by atoms with Crippen molar-refractivity contribution in [1.29, 1.82) is 0 Å². The van der Waals surface area contributed by atoms with Crippen LogP contribution in [-0.4, -0.2) is 21.7 Å². The van der Waals surface area contributed by atoms with Crippen LogP contribution in [0.1, 0.15) is 0 Å². The van der Waals surface area contributed by atoms with Gasteiger partial charge in [0.1, 0.15) is 0 Å². The zero-order chi connectivity index (χ0) is 6.08.